The van der Waals surface area contributed by atoms with Crippen molar-refractivity contribution in [2.24, 2.45) is 0 Å². The lowest BCUT2D eigenvalue weighted by molar-refractivity contribution is 0.226. The molecule has 0 saturated heterocycles. The number of nitrogens with zero attached hydrogens (tertiary/aromatic N) is 2. The Morgan fingerprint density at radius 3 is 2.67 bits per heavy atom. The van der Waals surface area contributed by atoms with Gasteiger partial charge in [-0.2, -0.15) is 4.31 Å². The fourth-order valence-corrected chi connectivity index (χ4v) is 5.28. The number of aliphatic hydroxyl groups excluding tert-OH is 1. The van der Waals surface area contributed by atoms with Crippen LogP contribution in [0.15, 0.2) is 10.4 Å². The number of thiazole rings is 1. The Balaban J connectivity index is 2.28. The van der Waals surface area contributed by atoms with Crippen LogP contribution in [-0.2, 0) is 10.0 Å². The minimum Gasteiger partial charge on any atom is -0.395 e. The summed E-state index contributed by atoms with van der Waals surface area (Å²) >= 11 is 1.19. The van der Waals surface area contributed by atoms with Crippen LogP contribution in [0.4, 0.5) is 0 Å². The van der Waals surface area contributed by atoms with E-state index in [0.29, 0.717) is 0 Å². The van der Waals surface area contributed by atoms with E-state index < -0.39 is 10.0 Å². The van der Waals surface area contributed by atoms with Gasteiger partial charge in [0.15, 0.2) is 4.21 Å². The Kier molecular flexibility index (Phi) is 4.37. The highest BCUT2D eigenvalue weighted by molar-refractivity contribution is 7.91. The summed E-state index contributed by atoms with van der Waals surface area (Å²) in [5, 5.41) is 9.83. The Labute approximate surface area is 112 Å². The van der Waals surface area contributed by atoms with Crippen molar-refractivity contribution in [1.82, 2.24) is 9.29 Å². The van der Waals surface area contributed by atoms with Crippen LogP contribution >= 0.6 is 11.3 Å². The van der Waals surface area contributed by atoms with E-state index in [4.69, 9.17) is 5.11 Å². The van der Waals surface area contributed by atoms with Crippen molar-refractivity contribution in [2.45, 2.75) is 42.9 Å². The van der Waals surface area contributed by atoms with Gasteiger partial charge in [-0.25, -0.2) is 13.4 Å². The summed E-state index contributed by atoms with van der Waals surface area (Å²) in [6.45, 7) is 1.81. The average Bonchev–Trinajstić information content (AvgIpc) is 2.96. The second kappa shape index (κ2) is 5.64. The minimum absolute atomic E-state index is 0.0320. The monoisotopic (exact) mass is 290 g/mol. The molecule has 1 aromatic rings. The predicted octanol–water partition coefficient (Wildman–Crippen LogP) is 1.38. The van der Waals surface area contributed by atoms with Crippen LogP contribution in [0, 0.1) is 6.92 Å². The third-order valence-corrected chi connectivity index (χ3v) is 6.52. The maximum atomic E-state index is 12.5. The van der Waals surface area contributed by atoms with E-state index in [1.165, 1.54) is 21.8 Å². The zero-order valence-electron chi connectivity index (χ0n) is 10.4. The quantitative estimate of drug-likeness (QED) is 0.889. The summed E-state index contributed by atoms with van der Waals surface area (Å²) in [6.07, 6.45) is 5.30. The molecule has 0 spiro atoms. The fraction of sp³-hybridized carbons (Fsp3) is 0.727. The summed E-state index contributed by atoms with van der Waals surface area (Å²) in [6, 6.07) is 0.0320. The van der Waals surface area contributed by atoms with Crippen LogP contribution in [0.3, 0.4) is 0 Å². The summed E-state index contributed by atoms with van der Waals surface area (Å²) in [7, 11) is -3.50. The smallest absolute Gasteiger partial charge is 0.254 e. The van der Waals surface area contributed by atoms with Crippen LogP contribution in [0.5, 0.6) is 0 Å². The zero-order valence-corrected chi connectivity index (χ0v) is 12.0. The van der Waals surface area contributed by atoms with Gasteiger partial charge >= 0.3 is 0 Å². The highest BCUT2D eigenvalue weighted by Crippen LogP contribution is 2.30. The first-order valence-electron chi connectivity index (χ1n) is 6.11. The molecule has 1 aromatic heterocycles. The van der Waals surface area contributed by atoms with E-state index in [0.717, 1.165) is 30.7 Å². The SMILES string of the molecule is Cc1ncc(S(=O)(=O)N(CCO)C2CCCC2)s1. The number of aliphatic hydroxyl groups is 1. The van der Waals surface area contributed by atoms with Gasteiger partial charge in [0.2, 0.25) is 0 Å². The van der Waals surface area contributed by atoms with Gasteiger partial charge in [0.05, 0.1) is 17.8 Å². The van der Waals surface area contributed by atoms with Crippen molar-refractivity contribution in [1.29, 1.82) is 0 Å². The van der Waals surface area contributed by atoms with Crippen molar-refractivity contribution >= 4 is 21.4 Å². The van der Waals surface area contributed by atoms with E-state index in [-0.39, 0.29) is 23.4 Å². The van der Waals surface area contributed by atoms with Crippen LogP contribution in [0.1, 0.15) is 30.7 Å². The molecule has 0 bridgehead atoms. The van der Waals surface area contributed by atoms with Crippen LogP contribution in [0.2, 0.25) is 0 Å². The summed E-state index contributed by atoms with van der Waals surface area (Å²) in [5.41, 5.74) is 0. The predicted molar refractivity (Wildman–Crippen MR) is 70.1 cm³/mol. The molecule has 1 aliphatic rings. The lowest BCUT2D eigenvalue weighted by Gasteiger charge is -2.26. The third kappa shape index (κ3) is 2.74. The normalized spacial score (nSPS) is 17.7. The maximum absolute atomic E-state index is 12.5. The van der Waals surface area contributed by atoms with Gasteiger partial charge in [-0.3, -0.25) is 0 Å². The lowest BCUT2D eigenvalue weighted by atomic mass is 10.2. The lowest BCUT2D eigenvalue weighted by Crippen LogP contribution is -2.40. The Hall–Kier alpha value is -0.500. The third-order valence-electron chi connectivity index (χ3n) is 3.22. The first kappa shape index (κ1) is 13.9. The van der Waals surface area contributed by atoms with Gasteiger partial charge in [-0.05, 0) is 19.8 Å². The van der Waals surface area contributed by atoms with E-state index in [2.05, 4.69) is 4.98 Å². The average molecular weight is 290 g/mol. The van der Waals surface area contributed by atoms with E-state index >= 15 is 0 Å². The highest BCUT2D eigenvalue weighted by Gasteiger charge is 2.33. The molecule has 2 rings (SSSR count). The summed E-state index contributed by atoms with van der Waals surface area (Å²) < 4.78 is 26.7. The van der Waals surface area contributed by atoms with Crippen molar-refractivity contribution in [3.63, 3.8) is 0 Å². The molecule has 0 amide bonds. The number of hydrogen-bond acceptors (Lipinski definition) is 5. The molecule has 1 aliphatic carbocycles. The molecule has 1 saturated carbocycles. The van der Waals surface area contributed by atoms with Gasteiger partial charge in [0, 0.05) is 12.6 Å². The molecular formula is C11H18N2O3S2. The molecule has 7 heteroatoms. The van der Waals surface area contributed by atoms with Crippen LogP contribution in [-0.4, -0.2) is 42.0 Å². The summed E-state index contributed by atoms with van der Waals surface area (Å²) in [4.78, 5) is 4.00. The Morgan fingerprint density at radius 1 is 1.50 bits per heavy atom. The maximum Gasteiger partial charge on any atom is 0.254 e. The zero-order chi connectivity index (χ0) is 13.2. The van der Waals surface area contributed by atoms with Gasteiger partial charge in [-0.15, -0.1) is 11.3 Å². The first-order chi connectivity index (χ1) is 8.55. The summed E-state index contributed by atoms with van der Waals surface area (Å²) in [5.74, 6) is 0. The highest BCUT2D eigenvalue weighted by atomic mass is 32.2. The molecule has 1 heterocycles. The van der Waals surface area contributed by atoms with Crippen molar-refractivity contribution in [3.8, 4) is 0 Å². The molecule has 18 heavy (non-hydrogen) atoms. The van der Waals surface area contributed by atoms with Crippen LogP contribution < -0.4 is 0 Å². The van der Waals surface area contributed by atoms with Crippen molar-refractivity contribution < 1.29 is 13.5 Å². The van der Waals surface area contributed by atoms with Crippen molar-refractivity contribution in [2.75, 3.05) is 13.2 Å². The molecule has 0 atom stereocenters. The molecule has 1 fully saturated rings. The number of hydrogen-bond donors (Lipinski definition) is 1. The molecule has 1 N–H and O–H groups in total. The molecule has 5 nitrogen and oxygen atoms in total. The largest absolute Gasteiger partial charge is 0.395 e. The standard InChI is InChI=1S/C11H18N2O3S2/c1-9-12-8-11(17-9)18(15,16)13(6-7-14)10-4-2-3-5-10/h8,10,14H,2-7H2,1H3. The number of aryl methyl sites for hydroxylation is 1. The van der Waals surface area contributed by atoms with Gasteiger partial charge in [-0.1, -0.05) is 12.8 Å². The van der Waals surface area contributed by atoms with Gasteiger partial charge in [0.1, 0.15) is 0 Å². The Bertz CT molecular complexity index is 492. The van der Waals surface area contributed by atoms with Crippen LogP contribution in [0.25, 0.3) is 0 Å². The van der Waals surface area contributed by atoms with E-state index in [9.17, 15) is 8.42 Å². The first-order valence-corrected chi connectivity index (χ1v) is 8.36. The molecular weight excluding hydrogens is 272 g/mol. The topological polar surface area (TPSA) is 70.5 Å². The molecule has 102 valence electrons. The molecule has 0 aromatic carbocycles. The van der Waals surface area contributed by atoms with E-state index in [1.54, 1.807) is 6.92 Å². The molecule has 0 radical (unpaired) electrons. The second-order valence-corrected chi connectivity index (χ2v) is 7.83. The molecule has 0 unspecified atom stereocenters. The number of sulfonamides is 1. The number of aromatic nitrogens is 1. The Morgan fingerprint density at radius 2 is 2.17 bits per heavy atom. The van der Waals surface area contributed by atoms with Gasteiger partial charge < -0.3 is 5.11 Å². The number of rotatable bonds is 5. The van der Waals surface area contributed by atoms with Crippen molar-refractivity contribution in [3.05, 3.63) is 11.2 Å². The molecule has 0 aliphatic heterocycles. The van der Waals surface area contributed by atoms with Gasteiger partial charge in [0.25, 0.3) is 10.0 Å². The van der Waals surface area contributed by atoms with E-state index in [1.807, 2.05) is 0 Å². The second-order valence-electron chi connectivity index (χ2n) is 4.48. The minimum atomic E-state index is -3.50. The fourth-order valence-electron chi connectivity index (χ4n) is 2.37.